The molecule has 0 spiro atoms. The molecule has 2 saturated heterocycles. The van der Waals surface area contributed by atoms with Crippen LogP contribution in [0.5, 0.6) is 0 Å². The highest BCUT2D eigenvalue weighted by atomic mass is 16.2. The lowest BCUT2D eigenvalue weighted by molar-refractivity contribution is -0.137. The number of nitrogens with zero attached hydrogens (tertiary/aromatic N) is 4. The third-order valence-corrected chi connectivity index (χ3v) is 8.28. The zero-order valence-corrected chi connectivity index (χ0v) is 22.6. The SMILES string of the molecule is CC1(C(=O)N2CCCC2)C=CC(NC(=O)c2n[nH]c3ccc(-c4cncc(CN5CCCCC5)c4)cc23)=CC1. The Bertz CT molecular complexity index is 1440. The number of benzene rings is 1. The van der Waals surface area contributed by atoms with Crippen molar-refractivity contribution in [3.63, 3.8) is 0 Å². The first-order chi connectivity index (χ1) is 19.0. The van der Waals surface area contributed by atoms with Crippen molar-refractivity contribution in [3.05, 3.63) is 71.8 Å². The van der Waals surface area contributed by atoms with Crippen molar-refractivity contribution in [2.45, 2.75) is 52.0 Å². The number of fused-ring (bicyclic) bond motifs is 1. The van der Waals surface area contributed by atoms with Crippen LogP contribution in [0, 0.1) is 5.41 Å². The van der Waals surface area contributed by atoms with Crippen molar-refractivity contribution in [2.24, 2.45) is 5.41 Å². The van der Waals surface area contributed by atoms with Crippen molar-refractivity contribution in [1.82, 2.24) is 30.3 Å². The predicted octanol–water partition coefficient (Wildman–Crippen LogP) is 4.81. The number of allylic oxidation sites excluding steroid dienone is 2. The van der Waals surface area contributed by atoms with Gasteiger partial charge in [0.1, 0.15) is 0 Å². The van der Waals surface area contributed by atoms with Crippen LogP contribution < -0.4 is 5.32 Å². The summed E-state index contributed by atoms with van der Waals surface area (Å²) < 4.78 is 0. The second-order valence-corrected chi connectivity index (χ2v) is 11.3. The number of likely N-dealkylation sites (tertiary alicyclic amines) is 2. The fourth-order valence-electron chi connectivity index (χ4n) is 5.93. The van der Waals surface area contributed by atoms with Crippen molar-refractivity contribution in [2.75, 3.05) is 26.2 Å². The normalized spacial score (nSPS) is 21.8. The Labute approximate surface area is 229 Å². The zero-order chi connectivity index (χ0) is 26.8. The fourth-order valence-corrected chi connectivity index (χ4v) is 5.93. The van der Waals surface area contributed by atoms with Gasteiger partial charge in [-0.15, -0.1) is 0 Å². The van der Waals surface area contributed by atoms with E-state index in [0.717, 1.165) is 67.6 Å². The van der Waals surface area contributed by atoms with Gasteiger partial charge < -0.3 is 10.2 Å². The summed E-state index contributed by atoms with van der Waals surface area (Å²) in [6, 6.07) is 8.20. The first-order valence-electron chi connectivity index (χ1n) is 14.1. The molecule has 1 aliphatic carbocycles. The van der Waals surface area contributed by atoms with Gasteiger partial charge in [0, 0.05) is 48.7 Å². The summed E-state index contributed by atoms with van der Waals surface area (Å²) in [5.41, 5.74) is 4.50. The second-order valence-electron chi connectivity index (χ2n) is 11.3. The number of hydrogen-bond donors (Lipinski definition) is 2. The Morgan fingerprint density at radius 3 is 2.56 bits per heavy atom. The van der Waals surface area contributed by atoms with Gasteiger partial charge in [0.15, 0.2) is 5.69 Å². The number of carbonyl (C=O) groups excluding carboxylic acids is 2. The summed E-state index contributed by atoms with van der Waals surface area (Å²) in [4.78, 5) is 35.2. The molecular weight excluding hydrogens is 488 g/mol. The highest BCUT2D eigenvalue weighted by molar-refractivity contribution is 6.06. The van der Waals surface area contributed by atoms with E-state index >= 15 is 0 Å². The summed E-state index contributed by atoms with van der Waals surface area (Å²) in [6.45, 7) is 6.84. The molecule has 4 heterocycles. The Kier molecular flexibility index (Phi) is 7.04. The number of piperidine rings is 1. The quantitative estimate of drug-likeness (QED) is 0.483. The lowest BCUT2D eigenvalue weighted by atomic mass is 9.81. The Hall–Kier alpha value is -3.78. The number of H-pyrrole nitrogens is 1. The largest absolute Gasteiger partial charge is 0.342 e. The molecule has 0 bridgehead atoms. The van der Waals surface area contributed by atoms with Crippen LogP contribution in [0.25, 0.3) is 22.0 Å². The third-order valence-electron chi connectivity index (χ3n) is 8.28. The van der Waals surface area contributed by atoms with E-state index in [4.69, 9.17) is 0 Å². The van der Waals surface area contributed by atoms with Crippen LogP contribution in [0.15, 0.2) is 60.6 Å². The number of hydrogen-bond acceptors (Lipinski definition) is 5. The molecule has 8 heteroatoms. The average molecular weight is 525 g/mol. The third kappa shape index (κ3) is 5.39. The Morgan fingerprint density at radius 1 is 1.00 bits per heavy atom. The van der Waals surface area contributed by atoms with Gasteiger partial charge in [0.2, 0.25) is 5.91 Å². The maximum Gasteiger partial charge on any atom is 0.276 e. The van der Waals surface area contributed by atoms with Crippen LogP contribution in [-0.2, 0) is 11.3 Å². The maximum absolute atomic E-state index is 13.3. The number of rotatable bonds is 6. The highest BCUT2D eigenvalue weighted by Gasteiger charge is 2.36. The van der Waals surface area contributed by atoms with Crippen LogP contribution in [0.1, 0.15) is 61.5 Å². The molecule has 1 aromatic carbocycles. The molecule has 6 rings (SSSR count). The van der Waals surface area contributed by atoms with Crippen LogP contribution in [0.2, 0.25) is 0 Å². The van der Waals surface area contributed by atoms with E-state index < -0.39 is 5.41 Å². The Morgan fingerprint density at radius 2 is 1.79 bits per heavy atom. The van der Waals surface area contributed by atoms with Gasteiger partial charge in [-0.3, -0.25) is 24.6 Å². The van der Waals surface area contributed by atoms with Gasteiger partial charge in [-0.2, -0.15) is 5.10 Å². The van der Waals surface area contributed by atoms with Gasteiger partial charge in [-0.25, -0.2) is 0 Å². The minimum Gasteiger partial charge on any atom is -0.342 e. The van der Waals surface area contributed by atoms with Gasteiger partial charge in [-0.05, 0) is 87.5 Å². The summed E-state index contributed by atoms with van der Waals surface area (Å²) in [5, 5.41) is 11.1. The summed E-state index contributed by atoms with van der Waals surface area (Å²) >= 11 is 0. The molecule has 3 aromatic rings. The zero-order valence-electron chi connectivity index (χ0n) is 22.6. The van der Waals surface area contributed by atoms with E-state index in [1.54, 1.807) is 0 Å². The number of carbonyl (C=O) groups is 2. The first-order valence-corrected chi connectivity index (χ1v) is 14.1. The molecular formula is C31H36N6O2. The molecule has 2 aliphatic heterocycles. The van der Waals surface area contributed by atoms with E-state index in [9.17, 15) is 9.59 Å². The monoisotopic (exact) mass is 524 g/mol. The van der Waals surface area contributed by atoms with E-state index in [-0.39, 0.29) is 11.8 Å². The molecule has 2 N–H and O–H groups in total. The number of amides is 2. The molecule has 2 amide bonds. The molecule has 0 saturated carbocycles. The highest BCUT2D eigenvalue weighted by Crippen LogP contribution is 2.33. The number of aromatic amines is 1. The lowest BCUT2D eigenvalue weighted by Crippen LogP contribution is -2.40. The van der Waals surface area contributed by atoms with E-state index in [1.165, 1.54) is 24.8 Å². The standard InChI is InChI=1S/C31H36N6O2/c1-31(30(39)37-15-5-6-16-37)11-9-25(10-12-31)33-29(38)28-26-18-23(7-8-27(26)34-35-28)24-17-22(19-32-20-24)21-36-13-3-2-4-14-36/h7-11,17-20H,2-6,12-16,21H2,1H3,(H,33,38)(H,34,35). The summed E-state index contributed by atoms with van der Waals surface area (Å²) in [7, 11) is 0. The minimum atomic E-state index is -0.566. The smallest absolute Gasteiger partial charge is 0.276 e. The van der Waals surface area contributed by atoms with Crippen LogP contribution >= 0.6 is 0 Å². The Balaban J connectivity index is 1.16. The maximum atomic E-state index is 13.3. The van der Waals surface area contributed by atoms with Crippen molar-refractivity contribution in [3.8, 4) is 11.1 Å². The van der Waals surface area contributed by atoms with Crippen molar-refractivity contribution >= 4 is 22.7 Å². The van der Waals surface area contributed by atoms with Crippen LogP contribution in [0.4, 0.5) is 0 Å². The molecule has 1 unspecified atom stereocenters. The minimum absolute atomic E-state index is 0.165. The molecule has 8 nitrogen and oxygen atoms in total. The number of pyridine rings is 1. The molecule has 202 valence electrons. The average Bonchev–Trinajstić information content (AvgIpc) is 3.65. The van der Waals surface area contributed by atoms with Gasteiger partial charge in [-0.1, -0.05) is 24.6 Å². The molecule has 39 heavy (non-hydrogen) atoms. The summed E-state index contributed by atoms with van der Waals surface area (Å²) in [6.07, 6.45) is 16.1. The van der Waals surface area contributed by atoms with E-state index in [0.29, 0.717) is 17.8 Å². The second kappa shape index (κ2) is 10.8. The molecule has 2 fully saturated rings. The van der Waals surface area contributed by atoms with Crippen molar-refractivity contribution in [1.29, 1.82) is 0 Å². The van der Waals surface area contributed by atoms with E-state index in [2.05, 4.69) is 31.5 Å². The van der Waals surface area contributed by atoms with E-state index in [1.807, 2.05) is 60.6 Å². The molecule has 2 aromatic heterocycles. The predicted molar refractivity (Wildman–Crippen MR) is 152 cm³/mol. The number of nitrogens with one attached hydrogen (secondary N) is 2. The molecule has 0 radical (unpaired) electrons. The van der Waals surface area contributed by atoms with Crippen molar-refractivity contribution < 1.29 is 9.59 Å². The van der Waals surface area contributed by atoms with Crippen LogP contribution in [0.3, 0.4) is 0 Å². The first kappa shape index (κ1) is 25.5. The molecule has 1 atom stereocenters. The fraction of sp³-hybridized carbons (Fsp3) is 0.419. The van der Waals surface area contributed by atoms with Crippen LogP contribution in [-0.4, -0.2) is 63.0 Å². The van der Waals surface area contributed by atoms with Gasteiger partial charge in [0.25, 0.3) is 5.91 Å². The van der Waals surface area contributed by atoms with Gasteiger partial charge in [0.05, 0.1) is 10.9 Å². The summed E-state index contributed by atoms with van der Waals surface area (Å²) in [5.74, 6) is -0.112. The number of aromatic nitrogens is 3. The molecule has 3 aliphatic rings. The van der Waals surface area contributed by atoms with Gasteiger partial charge >= 0.3 is 0 Å². The topological polar surface area (TPSA) is 94.2 Å². The lowest BCUT2D eigenvalue weighted by Gasteiger charge is -2.31.